The maximum absolute atomic E-state index is 12.4. The molecule has 1 fully saturated rings. The lowest BCUT2D eigenvalue weighted by Crippen LogP contribution is -2.49. The number of aliphatic carboxylic acids is 1. The molecular weight excluding hydrogens is 256 g/mol. The van der Waals surface area contributed by atoms with Gasteiger partial charge in [-0.15, -0.1) is 0 Å². The lowest BCUT2D eigenvalue weighted by molar-refractivity contribution is -0.138. The van der Waals surface area contributed by atoms with Crippen LogP contribution < -0.4 is 0 Å². The summed E-state index contributed by atoms with van der Waals surface area (Å²) in [4.78, 5) is 26.7. The second-order valence-corrected chi connectivity index (χ2v) is 5.34. The molecule has 1 aromatic rings. The van der Waals surface area contributed by atoms with Crippen molar-refractivity contribution in [2.75, 3.05) is 32.7 Å². The van der Waals surface area contributed by atoms with E-state index in [1.165, 1.54) is 0 Å². The number of carboxylic acid groups (broad SMARTS) is 1. The number of hydrogen-bond donors (Lipinski definition) is 1. The van der Waals surface area contributed by atoms with Crippen molar-refractivity contribution in [3.05, 3.63) is 34.9 Å². The van der Waals surface area contributed by atoms with Crippen LogP contribution in [0, 0.1) is 13.8 Å². The van der Waals surface area contributed by atoms with Gasteiger partial charge in [-0.25, -0.2) is 0 Å². The highest BCUT2D eigenvalue weighted by atomic mass is 16.4. The van der Waals surface area contributed by atoms with Gasteiger partial charge in [-0.05, 0) is 26.0 Å². The fourth-order valence-electron chi connectivity index (χ4n) is 2.58. The van der Waals surface area contributed by atoms with Gasteiger partial charge in [-0.2, -0.15) is 0 Å². The third kappa shape index (κ3) is 3.57. The van der Waals surface area contributed by atoms with Crippen LogP contribution in [-0.2, 0) is 4.79 Å². The second-order valence-electron chi connectivity index (χ2n) is 5.34. The topological polar surface area (TPSA) is 60.9 Å². The normalized spacial score (nSPS) is 16.2. The van der Waals surface area contributed by atoms with E-state index in [0.717, 1.165) is 11.1 Å². The molecule has 0 bridgehead atoms. The van der Waals surface area contributed by atoms with Crippen LogP contribution in [-0.4, -0.2) is 59.5 Å². The number of carboxylic acids is 1. The molecule has 1 heterocycles. The molecule has 0 spiro atoms. The molecule has 0 aliphatic carbocycles. The fourth-order valence-corrected chi connectivity index (χ4v) is 2.58. The summed E-state index contributed by atoms with van der Waals surface area (Å²) in [5.74, 6) is -0.786. The Morgan fingerprint density at radius 3 is 2.10 bits per heavy atom. The standard InChI is InChI=1S/C15H20N2O3/c1-11-7-12(2)9-13(8-11)15(20)17-5-3-16(4-6-17)10-14(18)19/h7-9H,3-6,10H2,1-2H3,(H,18,19). The largest absolute Gasteiger partial charge is 0.480 e. The molecule has 1 saturated heterocycles. The number of amides is 1. The van der Waals surface area contributed by atoms with Crippen molar-refractivity contribution in [1.82, 2.24) is 9.80 Å². The van der Waals surface area contributed by atoms with Crippen LogP contribution in [0.1, 0.15) is 21.5 Å². The van der Waals surface area contributed by atoms with Gasteiger partial charge in [0.05, 0.1) is 6.54 Å². The first-order valence-electron chi connectivity index (χ1n) is 6.77. The molecule has 0 unspecified atom stereocenters. The van der Waals surface area contributed by atoms with Gasteiger partial charge < -0.3 is 10.0 Å². The van der Waals surface area contributed by atoms with Crippen molar-refractivity contribution in [2.45, 2.75) is 13.8 Å². The Morgan fingerprint density at radius 1 is 1.05 bits per heavy atom. The number of benzene rings is 1. The zero-order chi connectivity index (χ0) is 14.7. The Kier molecular flexibility index (Phi) is 4.39. The first-order valence-corrected chi connectivity index (χ1v) is 6.77. The molecule has 20 heavy (non-hydrogen) atoms. The minimum Gasteiger partial charge on any atom is -0.480 e. The average Bonchev–Trinajstić information content (AvgIpc) is 2.37. The van der Waals surface area contributed by atoms with Gasteiger partial charge in [0.25, 0.3) is 5.91 Å². The van der Waals surface area contributed by atoms with E-state index in [2.05, 4.69) is 0 Å². The zero-order valence-electron chi connectivity index (χ0n) is 11.9. The van der Waals surface area contributed by atoms with Crippen LogP contribution in [0.5, 0.6) is 0 Å². The van der Waals surface area contributed by atoms with Gasteiger partial charge in [0, 0.05) is 31.7 Å². The number of carbonyl (C=O) groups excluding carboxylic acids is 1. The van der Waals surface area contributed by atoms with E-state index in [0.29, 0.717) is 31.7 Å². The first-order chi connectivity index (χ1) is 9.45. The molecule has 1 aliphatic rings. The lowest BCUT2D eigenvalue weighted by atomic mass is 10.1. The minimum atomic E-state index is -0.820. The fraction of sp³-hybridized carbons (Fsp3) is 0.467. The predicted molar refractivity (Wildman–Crippen MR) is 75.9 cm³/mol. The highest BCUT2D eigenvalue weighted by Crippen LogP contribution is 2.13. The molecule has 0 atom stereocenters. The van der Waals surface area contributed by atoms with Crippen LogP contribution in [0.4, 0.5) is 0 Å². The number of nitrogens with zero attached hydrogens (tertiary/aromatic N) is 2. The monoisotopic (exact) mass is 276 g/mol. The molecule has 0 saturated carbocycles. The van der Waals surface area contributed by atoms with Gasteiger partial charge in [0.2, 0.25) is 0 Å². The molecule has 5 heteroatoms. The maximum atomic E-state index is 12.4. The summed E-state index contributed by atoms with van der Waals surface area (Å²) < 4.78 is 0. The Morgan fingerprint density at radius 2 is 1.60 bits per heavy atom. The van der Waals surface area contributed by atoms with Crippen LogP contribution in [0.3, 0.4) is 0 Å². The minimum absolute atomic E-state index is 0.0341. The molecular formula is C15H20N2O3. The Labute approximate surface area is 118 Å². The Balaban J connectivity index is 1.99. The molecule has 0 radical (unpaired) electrons. The first kappa shape index (κ1) is 14.5. The molecule has 1 aromatic carbocycles. The van der Waals surface area contributed by atoms with E-state index in [1.54, 1.807) is 4.90 Å². The summed E-state index contributed by atoms with van der Waals surface area (Å²) in [6.07, 6.45) is 0. The SMILES string of the molecule is Cc1cc(C)cc(C(=O)N2CCN(CC(=O)O)CC2)c1. The molecule has 2 rings (SSSR count). The van der Waals surface area contributed by atoms with Crippen molar-refractivity contribution >= 4 is 11.9 Å². The summed E-state index contributed by atoms with van der Waals surface area (Å²) in [6.45, 7) is 6.40. The molecule has 5 nitrogen and oxygen atoms in total. The molecule has 1 N–H and O–H groups in total. The number of rotatable bonds is 3. The van der Waals surface area contributed by atoms with E-state index in [4.69, 9.17) is 5.11 Å². The van der Waals surface area contributed by atoms with E-state index in [-0.39, 0.29) is 12.5 Å². The number of aryl methyl sites for hydroxylation is 2. The summed E-state index contributed by atoms with van der Waals surface area (Å²) in [6, 6.07) is 5.85. The highest BCUT2D eigenvalue weighted by Gasteiger charge is 2.23. The van der Waals surface area contributed by atoms with E-state index in [1.807, 2.05) is 36.9 Å². The Bertz CT molecular complexity index is 500. The van der Waals surface area contributed by atoms with Crippen molar-refractivity contribution in [3.63, 3.8) is 0 Å². The summed E-state index contributed by atoms with van der Waals surface area (Å²) >= 11 is 0. The Hall–Kier alpha value is -1.88. The number of piperazine rings is 1. The molecule has 1 amide bonds. The van der Waals surface area contributed by atoms with E-state index in [9.17, 15) is 9.59 Å². The number of carbonyl (C=O) groups is 2. The van der Waals surface area contributed by atoms with Gasteiger partial charge in [0.1, 0.15) is 0 Å². The van der Waals surface area contributed by atoms with Crippen molar-refractivity contribution in [1.29, 1.82) is 0 Å². The lowest BCUT2D eigenvalue weighted by Gasteiger charge is -2.34. The predicted octanol–water partition coefficient (Wildman–Crippen LogP) is 1.15. The van der Waals surface area contributed by atoms with Crippen LogP contribution >= 0.6 is 0 Å². The van der Waals surface area contributed by atoms with Crippen molar-refractivity contribution < 1.29 is 14.7 Å². The van der Waals surface area contributed by atoms with Crippen molar-refractivity contribution in [2.24, 2.45) is 0 Å². The van der Waals surface area contributed by atoms with Gasteiger partial charge in [-0.1, -0.05) is 17.2 Å². The van der Waals surface area contributed by atoms with Crippen LogP contribution in [0.15, 0.2) is 18.2 Å². The summed E-state index contributed by atoms with van der Waals surface area (Å²) in [5, 5.41) is 8.76. The van der Waals surface area contributed by atoms with E-state index < -0.39 is 5.97 Å². The van der Waals surface area contributed by atoms with Gasteiger partial charge >= 0.3 is 5.97 Å². The third-order valence-electron chi connectivity index (χ3n) is 3.49. The smallest absolute Gasteiger partial charge is 0.317 e. The van der Waals surface area contributed by atoms with Crippen molar-refractivity contribution in [3.8, 4) is 0 Å². The van der Waals surface area contributed by atoms with Gasteiger partial charge in [-0.3, -0.25) is 14.5 Å². The molecule has 0 aromatic heterocycles. The zero-order valence-corrected chi connectivity index (χ0v) is 11.9. The maximum Gasteiger partial charge on any atom is 0.317 e. The van der Waals surface area contributed by atoms with Crippen LogP contribution in [0.25, 0.3) is 0 Å². The summed E-state index contributed by atoms with van der Waals surface area (Å²) in [7, 11) is 0. The van der Waals surface area contributed by atoms with Crippen LogP contribution in [0.2, 0.25) is 0 Å². The van der Waals surface area contributed by atoms with Gasteiger partial charge in [0.15, 0.2) is 0 Å². The average molecular weight is 276 g/mol. The number of hydrogen-bond acceptors (Lipinski definition) is 3. The molecule has 1 aliphatic heterocycles. The third-order valence-corrected chi connectivity index (χ3v) is 3.49. The summed E-state index contributed by atoms with van der Waals surface area (Å²) in [5.41, 5.74) is 2.88. The van der Waals surface area contributed by atoms with E-state index >= 15 is 0 Å². The highest BCUT2D eigenvalue weighted by molar-refractivity contribution is 5.94. The quantitative estimate of drug-likeness (QED) is 0.899. The second kappa shape index (κ2) is 6.05. The molecule has 108 valence electrons.